The molecule has 0 saturated carbocycles. The van der Waals surface area contributed by atoms with E-state index in [0.717, 1.165) is 4.31 Å². The summed E-state index contributed by atoms with van der Waals surface area (Å²) in [5.41, 5.74) is 0.651. The molecule has 0 atom stereocenters. The van der Waals surface area contributed by atoms with Crippen molar-refractivity contribution in [1.29, 1.82) is 0 Å². The first-order valence-electron chi connectivity index (χ1n) is 7.81. The fourth-order valence-corrected chi connectivity index (χ4v) is 4.50. The van der Waals surface area contributed by atoms with Crippen LogP contribution in [-0.2, 0) is 16.6 Å². The average Bonchev–Trinajstić information content (AvgIpc) is 3.12. The highest BCUT2D eigenvalue weighted by Crippen LogP contribution is 2.37. The third-order valence-electron chi connectivity index (χ3n) is 3.83. The molecule has 0 aliphatic rings. The van der Waals surface area contributed by atoms with Gasteiger partial charge in [0.25, 0.3) is 0 Å². The van der Waals surface area contributed by atoms with Gasteiger partial charge in [-0.1, -0.05) is 52.1 Å². The first-order valence-corrected chi connectivity index (χ1v) is 10.4. The summed E-state index contributed by atoms with van der Waals surface area (Å²) in [5.74, 6) is 0.682. The third-order valence-corrected chi connectivity index (χ3v) is 6.89. The Morgan fingerprint density at radius 3 is 2.57 bits per heavy atom. The standard InChI is InChI=1S/C17H14Cl3N3O4S/c1-23(28(24,25)13-7-6-12(26-2)15(19)16(13)20)9-14-21-17(22-27-14)10-4-3-5-11(18)8-10/h3-8H,9H2,1-2H3. The first kappa shape index (κ1) is 20.9. The fraction of sp³-hybridized carbons (Fsp3) is 0.176. The predicted octanol–water partition coefficient (Wildman–Crippen LogP) is 4.53. The Bertz CT molecular complexity index is 1120. The number of halogens is 3. The monoisotopic (exact) mass is 461 g/mol. The van der Waals surface area contributed by atoms with Crippen molar-refractivity contribution in [3.63, 3.8) is 0 Å². The average molecular weight is 463 g/mol. The van der Waals surface area contributed by atoms with Crippen LogP contribution in [-0.4, -0.2) is 37.0 Å². The molecular formula is C17H14Cl3N3O4S. The van der Waals surface area contributed by atoms with Crippen LogP contribution in [0, 0.1) is 0 Å². The van der Waals surface area contributed by atoms with Gasteiger partial charge in [0.15, 0.2) is 0 Å². The number of sulfonamides is 1. The van der Waals surface area contributed by atoms with Crippen molar-refractivity contribution in [2.75, 3.05) is 14.2 Å². The molecule has 0 spiro atoms. The van der Waals surface area contributed by atoms with Crippen LogP contribution in [0.1, 0.15) is 5.89 Å². The number of ether oxygens (including phenoxy) is 1. The minimum absolute atomic E-state index is 0.0136. The summed E-state index contributed by atoms with van der Waals surface area (Å²) >= 11 is 18.1. The lowest BCUT2D eigenvalue weighted by atomic mass is 10.2. The summed E-state index contributed by atoms with van der Waals surface area (Å²) in [5, 5.41) is 4.27. The van der Waals surface area contributed by atoms with E-state index in [1.54, 1.807) is 24.3 Å². The zero-order valence-corrected chi connectivity index (χ0v) is 17.8. The van der Waals surface area contributed by atoms with E-state index in [1.807, 2.05) is 0 Å². The van der Waals surface area contributed by atoms with E-state index >= 15 is 0 Å². The predicted molar refractivity (Wildman–Crippen MR) is 106 cm³/mol. The number of rotatable bonds is 6. The Kier molecular flexibility index (Phi) is 6.16. The SMILES string of the molecule is COc1ccc(S(=O)(=O)N(C)Cc2nc(-c3cccc(Cl)c3)no2)c(Cl)c1Cl. The van der Waals surface area contributed by atoms with E-state index < -0.39 is 10.0 Å². The maximum absolute atomic E-state index is 12.9. The van der Waals surface area contributed by atoms with E-state index in [0.29, 0.717) is 16.4 Å². The molecule has 1 aromatic heterocycles. The number of benzene rings is 2. The van der Waals surface area contributed by atoms with Gasteiger partial charge in [-0.25, -0.2) is 8.42 Å². The Morgan fingerprint density at radius 1 is 1.14 bits per heavy atom. The quantitative estimate of drug-likeness (QED) is 0.535. The van der Waals surface area contributed by atoms with E-state index in [2.05, 4.69) is 10.1 Å². The molecular weight excluding hydrogens is 449 g/mol. The van der Waals surface area contributed by atoms with Gasteiger partial charge in [-0.3, -0.25) is 0 Å². The first-order chi connectivity index (χ1) is 13.2. The summed E-state index contributed by atoms with van der Waals surface area (Å²) in [7, 11) is -1.19. The normalized spacial score (nSPS) is 11.8. The molecule has 0 N–H and O–H groups in total. The maximum Gasteiger partial charge on any atom is 0.244 e. The van der Waals surface area contributed by atoms with Gasteiger partial charge in [0.2, 0.25) is 21.7 Å². The van der Waals surface area contributed by atoms with Gasteiger partial charge in [0.1, 0.15) is 15.7 Å². The molecule has 148 valence electrons. The molecule has 0 aliphatic carbocycles. The van der Waals surface area contributed by atoms with Gasteiger partial charge >= 0.3 is 0 Å². The van der Waals surface area contributed by atoms with Crippen molar-refractivity contribution < 1.29 is 17.7 Å². The number of hydrogen-bond donors (Lipinski definition) is 0. The van der Waals surface area contributed by atoms with Gasteiger partial charge in [-0.15, -0.1) is 0 Å². The molecule has 28 heavy (non-hydrogen) atoms. The lowest BCUT2D eigenvalue weighted by Crippen LogP contribution is -2.27. The van der Waals surface area contributed by atoms with Crippen LogP contribution in [0.15, 0.2) is 45.8 Å². The second kappa shape index (κ2) is 8.26. The van der Waals surface area contributed by atoms with Crippen LogP contribution in [0.3, 0.4) is 0 Å². The van der Waals surface area contributed by atoms with Crippen LogP contribution in [0.25, 0.3) is 11.4 Å². The highest BCUT2D eigenvalue weighted by Gasteiger charge is 2.27. The number of aromatic nitrogens is 2. The minimum Gasteiger partial charge on any atom is -0.495 e. The molecule has 0 bridgehead atoms. The topological polar surface area (TPSA) is 85.5 Å². The summed E-state index contributed by atoms with van der Waals surface area (Å²) < 4.78 is 37.0. The van der Waals surface area contributed by atoms with Gasteiger partial charge in [0, 0.05) is 17.6 Å². The summed E-state index contributed by atoms with van der Waals surface area (Å²) in [4.78, 5) is 4.06. The third kappa shape index (κ3) is 4.11. The lowest BCUT2D eigenvalue weighted by Gasteiger charge is -2.17. The van der Waals surface area contributed by atoms with Crippen LogP contribution >= 0.6 is 34.8 Å². The van der Waals surface area contributed by atoms with Crippen molar-refractivity contribution >= 4 is 44.8 Å². The summed E-state index contributed by atoms with van der Waals surface area (Å²) in [6, 6.07) is 9.66. The Morgan fingerprint density at radius 2 is 1.89 bits per heavy atom. The molecule has 1 heterocycles. The van der Waals surface area contributed by atoms with Crippen LogP contribution in [0.4, 0.5) is 0 Å². The Balaban J connectivity index is 1.85. The van der Waals surface area contributed by atoms with Gasteiger partial charge < -0.3 is 9.26 Å². The molecule has 7 nitrogen and oxygen atoms in total. The zero-order valence-electron chi connectivity index (χ0n) is 14.7. The molecule has 0 amide bonds. The molecule has 3 rings (SSSR count). The van der Waals surface area contributed by atoms with Crippen LogP contribution in [0.2, 0.25) is 15.1 Å². The second-order valence-electron chi connectivity index (χ2n) is 5.68. The number of methoxy groups -OCH3 is 1. The number of hydrogen-bond acceptors (Lipinski definition) is 6. The van der Waals surface area contributed by atoms with Crippen molar-refractivity contribution in [2.24, 2.45) is 0 Å². The minimum atomic E-state index is -3.96. The fourth-order valence-electron chi connectivity index (χ4n) is 2.38. The van der Waals surface area contributed by atoms with E-state index in [1.165, 1.54) is 26.3 Å². The summed E-state index contributed by atoms with van der Waals surface area (Å²) in [6.45, 7) is -0.157. The number of nitrogens with zero attached hydrogens (tertiary/aromatic N) is 3. The smallest absolute Gasteiger partial charge is 0.244 e. The Labute approximate surface area is 176 Å². The molecule has 0 radical (unpaired) electrons. The molecule has 2 aromatic carbocycles. The molecule has 0 unspecified atom stereocenters. The van der Waals surface area contributed by atoms with Crippen molar-refractivity contribution in [3.8, 4) is 17.1 Å². The second-order valence-corrected chi connectivity index (χ2v) is 8.88. The van der Waals surface area contributed by atoms with Gasteiger partial charge in [0.05, 0.1) is 18.7 Å². The molecule has 0 aliphatic heterocycles. The lowest BCUT2D eigenvalue weighted by molar-refractivity contribution is 0.336. The largest absolute Gasteiger partial charge is 0.495 e. The highest BCUT2D eigenvalue weighted by molar-refractivity contribution is 7.89. The van der Waals surface area contributed by atoms with Crippen molar-refractivity contribution in [2.45, 2.75) is 11.4 Å². The summed E-state index contributed by atoms with van der Waals surface area (Å²) in [6.07, 6.45) is 0. The van der Waals surface area contributed by atoms with Gasteiger partial charge in [-0.05, 0) is 24.3 Å². The van der Waals surface area contributed by atoms with Crippen molar-refractivity contribution in [1.82, 2.24) is 14.4 Å². The van der Waals surface area contributed by atoms with Crippen molar-refractivity contribution in [3.05, 3.63) is 57.4 Å². The van der Waals surface area contributed by atoms with Gasteiger partial charge in [-0.2, -0.15) is 9.29 Å². The van der Waals surface area contributed by atoms with Crippen LogP contribution in [0.5, 0.6) is 5.75 Å². The van der Waals surface area contributed by atoms with E-state index in [-0.39, 0.29) is 33.1 Å². The maximum atomic E-state index is 12.9. The van der Waals surface area contributed by atoms with Crippen LogP contribution < -0.4 is 4.74 Å². The molecule has 0 saturated heterocycles. The molecule has 3 aromatic rings. The Hall–Kier alpha value is -1.84. The highest BCUT2D eigenvalue weighted by atomic mass is 35.5. The van der Waals surface area contributed by atoms with E-state index in [9.17, 15) is 8.42 Å². The molecule has 11 heteroatoms. The molecule has 0 fully saturated rings. The van der Waals surface area contributed by atoms with E-state index in [4.69, 9.17) is 44.1 Å². The zero-order chi connectivity index (χ0) is 20.5.